The molecule has 0 spiro atoms. The molecule has 0 aliphatic heterocycles. The van der Waals surface area contributed by atoms with Crippen molar-refractivity contribution in [3.63, 3.8) is 0 Å². The molecule has 2 fully saturated rings. The fraction of sp³-hybridized carbons (Fsp3) is 0.667. The van der Waals surface area contributed by atoms with E-state index in [4.69, 9.17) is 15.6 Å². The molecule has 6 atom stereocenters. The molecule has 0 bridgehead atoms. The van der Waals surface area contributed by atoms with Gasteiger partial charge in [0.1, 0.15) is 17.5 Å². The third kappa shape index (κ3) is 2.94. The first-order valence-electron chi connectivity index (χ1n) is 9.97. The summed E-state index contributed by atoms with van der Waals surface area (Å²) in [5.74, 6) is 0.925. The summed E-state index contributed by atoms with van der Waals surface area (Å²) in [5, 5.41) is 29.7. The molecule has 1 aromatic rings. The number of phenols is 1. The summed E-state index contributed by atoms with van der Waals surface area (Å²) in [6, 6.07) is 2.16. The van der Waals surface area contributed by atoms with Gasteiger partial charge in [0.05, 0.1) is 12.7 Å². The molecule has 0 amide bonds. The van der Waals surface area contributed by atoms with E-state index in [1.165, 1.54) is 6.07 Å². The van der Waals surface area contributed by atoms with Crippen molar-refractivity contribution in [3.8, 4) is 11.5 Å². The van der Waals surface area contributed by atoms with Gasteiger partial charge in [-0.3, -0.25) is 0 Å². The number of ether oxygens (including phenoxy) is 1. The second-order valence-corrected chi connectivity index (χ2v) is 8.78. The van der Waals surface area contributed by atoms with Crippen molar-refractivity contribution in [2.45, 2.75) is 63.5 Å². The highest BCUT2D eigenvalue weighted by Gasteiger charge is 2.54. The molecule has 0 aromatic heterocycles. The number of hydrogen-bond acceptors (Lipinski definition) is 6. The van der Waals surface area contributed by atoms with Crippen LogP contribution < -0.4 is 10.5 Å². The number of hydrogen-bond donors (Lipinski definition) is 4. The third-order valence-corrected chi connectivity index (χ3v) is 7.43. The van der Waals surface area contributed by atoms with Crippen molar-refractivity contribution in [3.05, 3.63) is 23.3 Å². The predicted molar refractivity (Wildman–Crippen MR) is 99.4 cm³/mol. The maximum atomic E-state index is 12.2. The number of aromatic hydroxyl groups is 1. The third-order valence-electron chi connectivity index (χ3n) is 7.43. The molecule has 0 heterocycles. The highest BCUT2D eigenvalue weighted by Crippen LogP contribution is 2.62. The number of carbonyl (C=O) groups excluding carboxylic acids is 1. The number of fused-ring (bicyclic) bond motifs is 5. The normalized spacial score (nSPS) is 35.7. The van der Waals surface area contributed by atoms with Gasteiger partial charge in [0.2, 0.25) is 0 Å². The van der Waals surface area contributed by atoms with Crippen LogP contribution in [0.2, 0.25) is 0 Å². The SMILES string of the molecule is C[C@]12CC[C@@H]3c4c(cc(O)cc4OC(=O)[C@@H](N)CO)CC[C@H]3[C@@H]1CC[C@H]2O. The summed E-state index contributed by atoms with van der Waals surface area (Å²) >= 11 is 0. The van der Waals surface area contributed by atoms with E-state index < -0.39 is 18.6 Å². The number of nitrogens with two attached hydrogens (primary N) is 1. The molecule has 0 unspecified atom stereocenters. The Morgan fingerprint density at radius 2 is 2.11 bits per heavy atom. The molecular weight excluding hydrogens is 346 g/mol. The summed E-state index contributed by atoms with van der Waals surface area (Å²) in [5.41, 5.74) is 7.61. The number of aliphatic hydroxyl groups is 2. The molecule has 4 rings (SSSR count). The van der Waals surface area contributed by atoms with Crippen molar-refractivity contribution in [2.75, 3.05) is 6.61 Å². The Kier molecular flexibility index (Phi) is 4.69. The summed E-state index contributed by atoms with van der Waals surface area (Å²) in [6.07, 6.45) is 5.40. The molecule has 2 saturated carbocycles. The van der Waals surface area contributed by atoms with Gasteiger partial charge in [0.25, 0.3) is 0 Å². The fourth-order valence-corrected chi connectivity index (χ4v) is 5.98. The minimum atomic E-state index is -1.10. The Labute approximate surface area is 159 Å². The number of esters is 1. The summed E-state index contributed by atoms with van der Waals surface area (Å²) in [6.45, 7) is 1.74. The summed E-state index contributed by atoms with van der Waals surface area (Å²) in [7, 11) is 0. The summed E-state index contributed by atoms with van der Waals surface area (Å²) in [4.78, 5) is 12.2. The van der Waals surface area contributed by atoms with Crippen molar-refractivity contribution in [1.82, 2.24) is 0 Å². The van der Waals surface area contributed by atoms with Crippen LogP contribution in [0.3, 0.4) is 0 Å². The Bertz CT molecular complexity index is 750. The molecule has 3 aliphatic rings. The average Bonchev–Trinajstić information content (AvgIpc) is 2.95. The van der Waals surface area contributed by atoms with Crippen LogP contribution in [0.25, 0.3) is 0 Å². The molecule has 6 nitrogen and oxygen atoms in total. The molecule has 5 N–H and O–H groups in total. The zero-order valence-electron chi connectivity index (χ0n) is 15.7. The van der Waals surface area contributed by atoms with Gasteiger partial charge < -0.3 is 25.8 Å². The van der Waals surface area contributed by atoms with Crippen LogP contribution in [0.15, 0.2) is 12.1 Å². The van der Waals surface area contributed by atoms with Gasteiger partial charge in [-0.2, -0.15) is 0 Å². The highest BCUT2D eigenvalue weighted by molar-refractivity contribution is 5.78. The smallest absolute Gasteiger partial charge is 0.330 e. The largest absolute Gasteiger partial charge is 0.508 e. The second-order valence-electron chi connectivity index (χ2n) is 8.78. The Morgan fingerprint density at radius 3 is 2.85 bits per heavy atom. The molecule has 0 radical (unpaired) electrons. The first-order valence-corrected chi connectivity index (χ1v) is 9.97. The van der Waals surface area contributed by atoms with Crippen LogP contribution in [0, 0.1) is 17.3 Å². The maximum Gasteiger partial charge on any atom is 0.330 e. The number of phenolic OH excluding ortho intramolecular Hbond substituents is 1. The van der Waals surface area contributed by atoms with Crippen molar-refractivity contribution in [1.29, 1.82) is 0 Å². The zero-order chi connectivity index (χ0) is 19.3. The average molecular weight is 375 g/mol. The van der Waals surface area contributed by atoms with Gasteiger partial charge in [-0.05, 0) is 73.3 Å². The van der Waals surface area contributed by atoms with Gasteiger partial charge in [-0.1, -0.05) is 6.92 Å². The monoisotopic (exact) mass is 375 g/mol. The lowest BCUT2D eigenvalue weighted by atomic mass is 9.55. The minimum absolute atomic E-state index is 0.0222. The van der Waals surface area contributed by atoms with E-state index in [2.05, 4.69) is 6.92 Å². The number of carbonyl (C=O) groups is 1. The van der Waals surface area contributed by atoms with Crippen molar-refractivity contribution >= 4 is 5.97 Å². The Morgan fingerprint density at radius 1 is 1.33 bits per heavy atom. The number of aliphatic hydroxyl groups excluding tert-OH is 2. The quantitative estimate of drug-likeness (QED) is 0.474. The van der Waals surface area contributed by atoms with Crippen LogP contribution in [0.5, 0.6) is 11.5 Å². The van der Waals surface area contributed by atoms with Crippen LogP contribution in [-0.4, -0.2) is 40.0 Å². The van der Waals surface area contributed by atoms with E-state index in [1.807, 2.05) is 0 Å². The molecule has 0 saturated heterocycles. The lowest BCUT2D eigenvalue weighted by Crippen LogP contribution is -2.44. The lowest BCUT2D eigenvalue weighted by Gasteiger charge is -2.50. The van der Waals surface area contributed by atoms with Gasteiger partial charge >= 0.3 is 5.97 Å². The van der Waals surface area contributed by atoms with Gasteiger partial charge in [0, 0.05) is 11.6 Å². The minimum Gasteiger partial charge on any atom is -0.508 e. The van der Waals surface area contributed by atoms with Gasteiger partial charge in [0.15, 0.2) is 0 Å². The molecule has 3 aliphatic carbocycles. The van der Waals surface area contributed by atoms with E-state index in [0.717, 1.165) is 49.7 Å². The number of aryl methyl sites for hydroxylation is 1. The van der Waals surface area contributed by atoms with Crippen molar-refractivity contribution < 1.29 is 24.9 Å². The second kappa shape index (κ2) is 6.76. The predicted octanol–water partition coefficient (Wildman–Crippen LogP) is 1.83. The van der Waals surface area contributed by atoms with E-state index in [-0.39, 0.29) is 23.2 Å². The molecule has 148 valence electrons. The highest BCUT2D eigenvalue weighted by atomic mass is 16.5. The molecule has 6 heteroatoms. The number of benzene rings is 1. The zero-order valence-corrected chi connectivity index (χ0v) is 15.7. The van der Waals surface area contributed by atoms with Crippen LogP contribution in [-0.2, 0) is 11.2 Å². The van der Waals surface area contributed by atoms with E-state index in [9.17, 15) is 15.0 Å². The standard InChI is InChI=1S/C21H29NO5/c1-21-7-6-14-13(15(21)4-5-18(21)25)3-2-11-8-12(24)9-17(19(11)14)27-20(26)16(22)10-23/h8-9,13-16,18,23-25H,2-7,10,22H2,1H3/t13-,14+,15+,16+,18-,21+/m1/s1. The van der Waals surface area contributed by atoms with E-state index in [0.29, 0.717) is 17.6 Å². The first-order chi connectivity index (χ1) is 12.8. The van der Waals surface area contributed by atoms with Crippen LogP contribution >= 0.6 is 0 Å². The molecule has 27 heavy (non-hydrogen) atoms. The van der Waals surface area contributed by atoms with Crippen molar-refractivity contribution in [2.24, 2.45) is 23.0 Å². The van der Waals surface area contributed by atoms with Crippen LogP contribution in [0.1, 0.15) is 56.1 Å². The molecular formula is C21H29NO5. The first kappa shape index (κ1) is 18.7. The Balaban J connectivity index is 1.70. The van der Waals surface area contributed by atoms with E-state index >= 15 is 0 Å². The lowest BCUT2D eigenvalue weighted by molar-refractivity contribution is -0.136. The topological polar surface area (TPSA) is 113 Å². The maximum absolute atomic E-state index is 12.2. The fourth-order valence-electron chi connectivity index (χ4n) is 5.98. The Hall–Kier alpha value is -1.63. The van der Waals surface area contributed by atoms with Gasteiger partial charge in [-0.15, -0.1) is 0 Å². The van der Waals surface area contributed by atoms with E-state index in [1.54, 1.807) is 6.07 Å². The summed E-state index contributed by atoms with van der Waals surface area (Å²) < 4.78 is 5.52. The van der Waals surface area contributed by atoms with Gasteiger partial charge in [-0.25, -0.2) is 4.79 Å². The number of rotatable bonds is 3. The van der Waals surface area contributed by atoms with Crippen LogP contribution in [0.4, 0.5) is 0 Å². The molecule has 1 aromatic carbocycles.